The lowest BCUT2D eigenvalue weighted by atomic mass is 10.2. The van der Waals surface area contributed by atoms with Crippen LogP contribution in [0.5, 0.6) is 40.2 Å². The number of para-hydroxylation sites is 1. The quantitative estimate of drug-likeness (QED) is 0.0744. The fourth-order valence-electron chi connectivity index (χ4n) is 6.58. The Bertz CT molecular complexity index is 3810. The molecule has 1 N–H and O–H groups in total. The van der Waals surface area contributed by atoms with Crippen molar-refractivity contribution in [1.29, 1.82) is 0 Å². The zero-order valence-electron chi connectivity index (χ0n) is 35.3. The molecular weight excluding hydrogens is 979 g/mol. The molecular formula is C47H35NO15S5. The van der Waals surface area contributed by atoms with Crippen LogP contribution in [-0.2, 0) is 49.7 Å². The summed E-state index contributed by atoms with van der Waals surface area (Å²) in [5, 5.41) is 0.551. The SMILES string of the molecule is Cc1ccc(Oc2ccc(S(=O)(=O)c3ccc(Oc4ccc(S(=O)(=O)c5ccc(Oc6ccc(S(C)(=O)=O)cc6)c(S(=O)(=O)O)c5)cc4)c(S(=O)(=O)Oc4cccc5cccnc45)c3)cc2)cc1. The predicted octanol–water partition coefficient (Wildman–Crippen LogP) is 9.00. The highest BCUT2D eigenvalue weighted by atomic mass is 32.2. The Morgan fingerprint density at radius 2 is 0.868 bits per heavy atom. The Labute approximate surface area is 391 Å². The van der Waals surface area contributed by atoms with Gasteiger partial charge in [-0.1, -0.05) is 35.9 Å². The fraction of sp³-hybridized carbons (Fsp3) is 0.0426. The van der Waals surface area contributed by atoms with E-state index >= 15 is 0 Å². The van der Waals surface area contributed by atoms with Gasteiger partial charge in [0.25, 0.3) is 10.1 Å². The van der Waals surface area contributed by atoms with Gasteiger partial charge in [0.2, 0.25) is 19.7 Å². The van der Waals surface area contributed by atoms with E-state index in [2.05, 4.69) is 4.98 Å². The number of aromatic nitrogens is 1. The van der Waals surface area contributed by atoms with Crippen molar-refractivity contribution in [3.05, 3.63) is 176 Å². The molecule has 348 valence electrons. The van der Waals surface area contributed by atoms with Crippen molar-refractivity contribution in [2.75, 3.05) is 6.26 Å². The van der Waals surface area contributed by atoms with Gasteiger partial charge in [-0.2, -0.15) is 16.8 Å². The first kappa shape index (κ1) is 47.4. The van der Waals surface area contributed by atoms with Crippen LogP contribution in [0.15, 0.2) is 204 Å². The van der Waals surface area contributed by atoms with E-state index in [1.165, 1.54) is 72.9 Å². The third-order valence-electron chi connectivity index (χ3n) is 10.0. The van der Waals surface area contributed by atoms with E-state index < -0.39 is 80.8 Å². The number of nitrogens with zero attached hydrogens (tertiary/aromatic N) is 1. The Morgan fingerprint density at radius 3 is 1.37 bits per heavy atom. The predicted molar refractivity (Wildman–Crippen MR) is 247 cm³/mol. The summed E-state index contributed by atoms with van der Waals surface area (Å²) in [6.07, 6.45) is 2.43. The molecule has 1 heterocycles. The molecule has 0 bridgehead atoms. The van der Waals surface area contributed by atoms with Crippen LogP contribution >= 0.6 is 0 Å². The molecule has 21 heteroatoms. The van der Waals surface area contributed by atoms with E-state index in [0.29, 0.717) is 23.0 Å². The van der Waals surface area contributed by atoms with Crippen LogP contribution in [0.4, 0.5) is 0 Å². The van der Waals surface area contributed by atoms with Crippen molar-refractivity contribution in [1.82, 2.24) is 4.98 Å². The van der Waals surface area contributed by atoms with Crippen LogP contribution < -0.4 is 18.4 Å². The minimum Gasteiger partial charge on any atom is -0.457 e. The first-order valence-electron chi connectivity index (χ1n) is 19.7. The zero-order valence-corrected chi connectivity index (χ0v) is 39.4. The number of fused-ring (bicyclic) bond motifs is 1. The van der Waals surface area contributed by atoms with Gasteiger partial charge in [0, 0.05) is 17.8 Å². The summed E-state index contributed by atoms with van der Waals surface area (Å²) < 4.78 is 166. The van der Waals surface area contributed by atoms with Gasteiger partial charge in [-0.3, -0.25) is 9.54 Å². The maximum Gasteiger partial charge on any atom is 0.343 e. The second-order valence-corrected chi connectivity index (χ2v) is 23.7. The molecule has 16 nitrogen and oxygen atoms in total. The van der Waals surface area contributed by atoms with Gasteiger partial charge in [0.05, 0.1) is 24.5 Å². The summed E-state index contributed by atoms with van der Waals surface area (Å²) in [6, 6.07) is 35.9. The largest absolute Gasteiger partial charge is 0.457 e. The molecule has 0 spiro atoms. The summed E-state index contributed by atoms with van der Waals surface area (Å²) in [5.74, 6) is -0.299. The number of rotatable bonds is 15. The van der Waals surface area contributed by atoms with Crippen LogP contribution in [0.2, 0.25) is 0 Å². The van der Waals surface area contributed by atoms with Crippen molar-refractivity contribution >= 4 is 60.7 Å². The van der Waals surface area contributed by atoms with E-state index in [9.17, 15) is 46.6 Å². The van der Waals surface area contributed by atoms with Crippen molar-refractivity contribution < 1.29 is 65.0 Å². The second-order valence-electron chi connectivity index (χ2n) is 14.9. The molecule has 0 atom stereocenters. The molecule has 0 aliphatic carbocycles. The van der Waals surface area contributed by atoms with E-state index in [1.54, 1.807) is 36.4 Å². The summed E-state index contributed by atoms with van der Waals surface area (Å²) in [5.41, 5.74) is 1.22. The topological polar surface area (TPSA) is 241 Å². The molecule has 0 aliphatic rings. The molecule has 8 rings (SSSR count). The van der Waals surface area contributed by atoms with E-state index in [0.717, 1.165) is 54.3 Å². The standard InChI is InChI=1S/C47H35NO15S5/c1-31-8-10-33(11-9-31)60-34-14-20-38(21-15-34)66(53,54)41-25-27-43(46(30-41)68(58,59)63-44-7-3-5-32-6-4-28-48-47(32)44)62-36-16-22-39(23-17-36)65(51,52)40-24-26-42(45(29-40)67(55,56)57)61-35-12-18-37(19-13-35)64(2,49)50/h3-30H,1-2H3,(H,55,56,57). The first-order chi connectivity index (χ1) is 32.1. The van der Waals surface area contributed by atoms with Crippen LogP contribution in [0, 0.1) is 6.92 Å². The van der Waals surface area contributed by atoms with Crippen LogP contribution in [0.1, 0.15) is 5.56 Å². The van der Waals surface area contributed by atoms with E-state index in [-0.39, 0.29) is 37.5 Å². The number of hydrogen-bond acceptors (Lipinski definition) is 15. The van der Waals surface area contributed by atoms with Gasteiger partial charge < -0.3 is 18.4 Å². The molecule has 0 amide bonds. The number of pyridine rings is 1. The van der Waals surface area contributed by atoms with Gasteiger partial charge in [0.15, 0.2) is 15.6 Å². The zero-order chi connectivity index (χ0) is 48.6. The van der Waals surface area contributed by atoms with Crippen LogP contribution in [0.3, 0.4) is 0 Å². The van der Waals surface area contributed by atoms with Gasteiger partial charge in [-0.05, 0) is 140 Å². The van der Waals surface area contributed by atoms with Crippen molar-refractivity contribution in [3.63, 3.8) is 0 Å². The lowest BCUT2D eigenvalue weighted by Gasteiger charge is -2.15. The minimum absolute atomic E-state index is 0.0205. The Morgan fingerprint density at radius 1 is 0.441 bits per heavy atom. The molecule has 0 radical (unpaired) electrons. The van der Waals surface area contributed by atoms with Crippen molar-refractivity contribution in [2.45, 2.75) is 41.2 Å². The molecule has 1 aromatic heterocycles. The van der Waals surface area contributed by atoms with Crippen molar-refractivity contribution in [2.24, 2.45) is 0 Å². The highest BCUT2D eigenvalue weighted by Gasteiger charge is 2.29. The lowest BCUT2D eigenvalue weighted by molar-refractivity contribution is 0.448. The van der Waals surface area contributed by atoms with Crippen molar-refractivity contribution in [3.8, 4) is 40.2 Å². The number of ether oxygens (including phenoxy) is 3. The molecule has 8 aromatic rings. The van der Waals surface area contributed by atoms with Gasteiger partial charge in [-0.15, -0.1) is 0 Å². The van der Waals surface area contributed by atoms with Crippen LogP contribution in [0.25, 0.3) is 10.9 Å². The molecule has 0 unspecified atom stereocenters. The van der Waals surface area contributed by atoms with Gasteiger partial charge >= 0.3 is 10.1 Å². The van der Waals surface area contributed by atoms with Crippen LogP contribution in [-0.4, -0.2) is 57.9 Å². The Hall–Kier alpha value is -7.14. The molecule has 0 aliphatic heterocycles. The average Bonchev–Trinajstić information content (AvgIpc) is 3.30. The maximum absolute atomic E-state index is 14.2. The smallest absolute Gasteiger partial charge is 0.343 e. The Balaban J connectivity index is 1.10. The fourth-order valence-corrected chi connectivity index (χ4v) is 11.7. The molecule has 68 heavy (non-hydrogen) atoms. The first-order valence-corrected chi connectivity index (χ1v) is 27.4. The minimum atomic E-state index is -5.09. The third-order valence-corrected chi connectivity index (χ3v) is 16.8. The second kappa shape index (κ2) is 18.2. The number of sulfone groups is 3. The number of hydrogen-bond donors (Lipinski definition) is 1. The molecule has 0 saturated carbocycles. The molecule has 7 aromatic carbocycles. The third kappa shape index (κ3) is 10.2. The molecule has 0 saturated heterocycles. The monoisotopic (exact) mass is 1010 g/mol. The Kier molecular flexibility index (Phi) is 12.6. The highest BCUT2D eigenvalue weighted by Crippen LogP contribution is 2.38. The number of aryl methyl sites for hydroxylation is 1. The van der Waals surface area contributed by atoms with E-state index in [4.69, 9.17) is 18.4 Å². The average molecular weight is 1010 g/mol. The highest BCUT2D eigenvalue weighted by molar-refractivity contribution is 7.92. The summed E-state index contributed by atoms with van der Waals surface area (Å²) in [6.45, 7) is 1.92. The lowest BCUT2D eigenvalue weighted by Crippen LogP contribution is -2.13. The maximum atomic E-state index is 14.2. The van der Waals surface area contributed by atoms with Gasteiger partial charge in [-0.25, -0.2) is 25.3 Å². The van der Waals surface area contributed by atoms with Gasteiger partial charge in [0.1, 0.15) is 49.8 Å². The molecule has 0 fully saturated rings. The van der Waals surface area contributed by atoms with E-state index in [1.807, 2.05) is 19.1 Å². The number of benzene rings is 7. The summed E-state index contributed by atoms with van der Waals surface area (Å²) in [4.78, 5) is 0.993. The summed E-state index contributed by atoms with van der Waals surface area (Å²) in [7, 11) is -22.5. The summed E-state index contributed by atoms with van der Waals surface area (Å²) >= 11 is 0. The normalized spacial score (nSPS) is 12.3.